The van der Waals surface area contributed by atoms with Crippen LogP contribution in [0.3, 0.4) is 0 Å². The Morgan fingerprint density at radius 1 is 1.53 bits per heavy atom. The third-order valence-corrected chi connectivity index (χ3v) is 3.75. The number of aromatic nitrogens is 1. The molecule has 0 bridgehead atoms. The van der Waals surface area contributed by atoms with Crippen LogP contribution >= 0.6 is 15.9 Å². The molecule has 1 aliphatic rings. The molecule has 0 unspecified atom stereocenters. The summed E-state index contributed by atoms with van der Waals surface area (Å²) in [5.41, 5.74) is 1.09. The molecule has 5 nitrogen and oxygen atoms in total. The molecule has 0 radical (unpaired) electrons. The van der Waals surface area contributed by atoms with Crippen LogP contribution in [0.15, 0.2) is 16.7 Å². The Hall–Kier alpha value is -1.14. The van der Waals surface area contributed by atoms with Gasteiger partial charge in [-0.1, -0.05) is 0 Å². The lowest BCUT2D eigenvalue weighted by Crippen LogP contribution is -2.49. The summed E-state index contributed by atoms with van der Waals surface area (Å²) in [6.07, 6.45) is 1.81. The summed E-state index contributed by atoms with van der Waals surface area (Å²) in [5, 5.41) is 3.24. The maximum absolute atomic E-state index is 12.2. The zero-order valence-electron chi connectivity index (χ0n) is 11.3. The van der Waals surface area contributed by atoms with Crippen LogP contribution in [0.25, 0.3) is 0 Å². The van der Waals surface area contributed by atoms with Crippen molar-refractivity contribution < 1.29 is 4.79 Å². The molecule has 1 amide bonds. The molecule has 1 N–H and O–H groups in total. The summed E-state index contributed by atoms with van der Waals surface area (Å²) in [6.45, 7) is 5.68. The number of amides is 1. The minimum absolute atomic E-state index is 0.151. The Morgan fingerprint density at radius 3 is 2.84 bits per heavy atom. The van der Waals surface area contributed by atoms with Crippen LogP contribution in [-0.2, 0) is 4.79 Å². The Balaban J connectivity index is 1.99. The smallest absolute Gasteiger partial charge is 0.242 e. The van der Waals surface area contributed by atoms with Crippen LogP contribution in [0.2, 0.25) is 0 Å². The second kappa shape index (κ2) is 6.34. The van der Waals surface area contributed by atoms with Crippen molar-refractivity contribution in [2.24, 2.45) is 0 Å². The first-order valence-corrected chi connectivity index (χ1v) is 7.19. The number of hydrogen-bond acceptors (Lipinski definition) is 4. The predicted octanol–water partition coefficient (Wildman–Crippen LogP) is 1.02. The van der Waals surface area contributed by atoms with Crippen molar-refractivity contribution in [3.8, 4) is 0 Å². The van der Waals surface area contributed by atoms with Gasteiger partial charge in [0, 0.05) is 39.4 Å². The number of anilines is 1. The van der Waals surface area contributed by atoms with E-state index in [1.165, 1.54) is 0 Å². The van der Waals surface area contributed by atoms with E-state index in [1.54, 1.807) is 0 Å². The van der Waals surface area contributed by atoms with Gasteiger partial charge in [-0.05, 0) is 34.5 Å². The number of hydrogen-bond donors (Lipinski definition) is 1. The van der Waals surface area contributed by atoms with Crippen molar-refractivity contribution in [2.75, 3.05) is 44.7 Å². The van der Waals surface area contributed by atoms with Crippen LogP contribution in [0.4, 0.5) is 5.82 Å². The fourth-order valence-electron chi connectivity index (χ4n) is 2.10. The molecule has 0 saturated carbocycles. The molecule has 1 aromatic heterocycles. The average Bonchev–Trinajstić information content (AvgIpc) is 2.39. The third kappa shape index (κ3) is 3.67. The highest BCUT2D eigenvalue weighted by Crippen LogP contribution is 2.23. The number of aryl methyl sites for hydroxylation is 1. The maximum atomic E-state index is 12.2. The number of piperazine rings is 1. The zero-order chi connectivity index (χ0) is 13.8. The number of rotatable bonds is 3. The van der Waals surface area contributed by atoms with Crippen LogP contribution in [0.1, 0.15) is 5.56 Å². The molecule has 2 heterocycles. The molecule has 0 aromatic carbocycles. The molecule has 1 aliphatic heterocycles. The highest BCUT2D eigenvalue weighted by molar-refractivity contribution is 9.10. The highest BCUT2D eigenvalue weighted by atomic mass is 79.9. The van der Waals surface area contributed by atoms with Crippen molar-refractivity contribution in [1.29, 1.82) is 0 Å². The molecular formula is C13H19BrN4O. The molecule has 0 atom stereocenters. The maximum Gasteiger partial charge on any atom is 0.242 e. The fourth-order valence-corrected chi connectivity index (χ4v) is 2.87. The highest BCUT2D eigenvalue weighted by Gasteiger charge is 2.19. The topological polar surface area (TPSA) is 48.5 Å². The number of halogens is 1. The van der Waals surface area contributed by atoms with Gasteiger partial charge in [-0.2, -0.15) is 0 Å². The summed E-state index contributed by atoms with van der Waals surface area (Å²) >= 11 is 3.49. The van der Waals surface area contributed by atoms with E-state index in [1.807, 2.05) is 36.0 Å². The first kappa shape index (κ1) is 14.3. The average molecular weight is 327 g/mol. The first-order valence-electron chi connectivity index (χ1n) is 6.39. The summed E-state index contributed by atoms with van der Waals surface area (Å²) in [7, 11) is 1.89. The molecule has 19 heavy (non-hydrogen) atoms. The monoisotopic (exact) mass is 326 g/mol. The van der Waals surface area contributed by atoms with Gasteiger partial charge in [0.2, 0.25) is 5.91 Å². The summed E-state index contributed by atoms with van der Waals surface area (Å²) < 4.78 is 0.920. The normalized spacial score (nSPS) is 15.4. The van der Waals surface area contributed by atoms with E-state index < -0.39 is 0 Å². The lowest BCUT2D eigenvalue weighted by molar-refractivity contribution is -0.130. The van der Waals surface area contributed by atoms with E-state index in [4.69, 9.17) is 0 Å². The SMILES string of the molecule is Cc1cnc(N(C)CC(=O)N2CCNCC2)c(Br)c1. The Kier molecular flexibility index (Phi) is 4.76. The molecule has 1 saturated heterocycles. The number of nitrogens with one attached hydrogen (secondary N) is 1. The predicted molar refractivity (Wildman–Crippen MR) is 79.4 cm³/mol. The van der Waals surface area contributed by atoms with Gasteiger partial charge in [-0.15, -0.1) is 0 Å². The second-order valence-electron chi connectivity index (χ2n) is 4.80. The van der Waals surface area contributed by atoms with Crippen molar-refractivity contribution in [3.05, 3.63) is 22.3 Å². The van der Waals surface area contributed by atoms with Crippen molar-refractivity contribution in [1.82, 2.24) is 15.2 Å². The Labute approximate surface area is 122 Å². The second-order valence-corrected chi connectivity index (χ2v) is 5.66. The van der Waals surface area contributed by atoms with E-state index in [-0.39, 0.29) is 5.91 Å². The summed E-state index contributed by atoms with van der Waals surface area (Å²) in [6, 6.07) is 2.01. The van der Waals surface area contributed by atoms with E-state index in [0.29, 0.717) is 6.54 Å². The molecular weight excluding hydrogens is 308 g/mol. The lowest BCUT2D eigenvalue weighted by Gasteiger charge is -2.29. The van der Waals surface area contributed by atoms with Crippen LogP contribution in [0.5, 0.6) is 0 Å². The van der Waals surface area contributed by atoms with Gasteiger partial charge in [0.1, 0.15) is 5.82 Å². The lowest BCUT2D eigenvalue weighted by atomic mass is 10.3. The number of carbonyl (C=O) groups excluding carboxylic acids is 1. The van der Waals surface area contributed by atoms with Crippen molar-refractivity contribution in [3.63, 3.8) is 0 Å². The molecule has 0 aliphatic carbocycles. The largest absolute Gasteiger partial charge is 0.349 e. The van der Waals surface area contributed by atoms with Crippen LogP contribution < -0.4 is 10.2 Å². The van der Waals surface area contributed by atoms with Crippen molar-refractivity contribution in [2.45, 2.75) is 6.92 Å². The molecule has 1 aromatic rings. The van der Waals surface area contributed by atoms with Gasteiger partial charge in [0.15, 0.2) is 0 Å². The summed E-state index contributed by atoms with van der Waals surface area (Å²) in [5.74, 6) is 0.951. The van der Waals surface area contributed by atoms with Gasteiger partial charge < -0.3 is 15.1 Å². The van der Waals surface area contributed by atoms with Gasteiger partial charge in [-0.3, -0.25) is 4.79 Å². The first-order chi connectivity index (χ1) is 9.08. The number of pyridine rings is 1. The van der Waals surface area contributed by atoms with E-state index in [2.05, 4.69) is 26.2 Å². The molecule has 6 heteroatoms. The van der Waals surface area contributed by atoms with Crippen LogP contribution in [-0.4, -0.2) is 55.6 Å². The quantitative estimate of drug-likeness (QED) is 0.901. The minimum atomic E-state index is 0.151. The number of carbonyl (C=O) groups is 1. The molecule has 1 fully saturated rings. The Bertz CT molecular complexity index is 460. The fraction of sp³-hybridized carbons (Fsp3) is 0.538. The van der Waals surface area contributed by atoms with E-state index in [0.717, 1.165) is 42.0 Å². The van der Waals surface area contributed by atoms with Gasteiger partial charge >= 0.3 is 0 Å². The van der Waals surface area contributed by atoms with Crippen molar-refractivity contribution >= 4 is 27.7 Å². The van der Waals surface area contributed by atoms with Crippen LogP contribution in [0, 0.1) is 6.92 Å². The molecule has 2 rings (SSSR count). The summed E-state index contributed by atoms with van der Waals surface area (Å²) in [4.78, 5) is 20.3. The van der Waals surface area contributed by atoms with Gasteiger partial charge in [-0.25, -0.2) is 4.98 Å². The van der Waals surface area contributed by atoms with Gasteiger partial charge in [0.25, 0.3) is 0 Å². The molecule has 0 spiro atoms. The molecule has 104 valence electrons. The Morgan fingerprint density at radius 2 is 2.21 bits per heavy atom. The number of nitrogens with zero attached hydrogens (tertiary/aromatic N) is 3. The van der Waals surface area contributed by atoms with Gasteiger partial charge in [0.05, 0.1) is 11.0 Å². The van der Waals surface area contributed by atoms with E-state index >= 15 is 0 Å². The van der Waals surface area contributed by atoms with E-state index in [9.17, 15) is 4.79 Å². The zero-order valence-corrected chi connectivity index (χ0v) is 12.9. The minimum Gasteiger partial charge on any atom is -0.349 e. The third-order valence-electron chi connectivity index (χ3n) is 3.16. The number of likely N-dealkylation sites (N-methyl/N-ethyl adjacent to an activating group) is 1. The standard InChI is InChI=1S/C13H19BrN4O/c1-10-7-11(14)13(16-8-10)17(2)9-12(19)18-5-3-15-4-6-18/h7-8,15H,3-6,9H2,1-2H3.